The zero-order chi connectivity index (χ0) is 12.1. The predicted octanol–water partition coefficient (Wildman–Crippen LogP) is 2.15. The lowest BCUT2D eigenvalue weighted by atomic mass is 10.1. The number of amides is 1. The maximum Gasteiger partial charge on any atom is 0.229 e. The molecule has 0 saturated heterocycles. The molecule has 2 N–H and O–H groups in total. The summed E-state index contributed by atoms with van der Waals surface area (Å²) in [6, 6.07) is 7.75. The number of benzene rings is 1. The fraction of sp³-hybridized carbons (Fsp3) is 0.462. The number of carbonyl (C=O) groups is 1. The van der Waals surface area contributed by atoms with Crippen molar-refractivity contribution in [2.45, 2.75) is 26.8 Å². The first-order valence-corrected chi connectivity index (χ1v) is 5.67. The molecule has 3 heteroatoms. The Labute approximate surface area is 97.2 Å². The smallest absolute Gasteiger partial charge is 0.229 e. The number of carbonyl (C=O) groups excluding carboxylic acids is 1. The van der Waals surface area contributed by atoms with Gasteiger partial charge in [0.1, 0.15) is 0 Å². The lowest BCUT2D eigenvalue weighted by Gasteiger charge is -2.23. The van der Waals surface area contributed by atoms with Gasteiger partial charge in [0.15, 0.2) is 0 Å². The van der Waals surface area contributed by atoms with Crippen LogP contribution in [0.25, 0.3) is 0 Å². The van der Waals surface area contributed by atoms with Crippen molar-refractivity contribution in [1.29, 1.82) is 0 Å². The van der Waals surface area contributed by atoms with E-state index < -0.39 is 0 Å². The minimum absolute atomic E-state index is 0.0517. The maximum atomic E-state index is 12.0. The van der Waals surface area contributed by atoms with Gasteiger partial charge in [-0.25, -0.2) is 0 Å². The van der Waals surface area contributed by atoms with E-state index in [-0.39, 0.29) is 11.8 Å². The van der Waals surface area contributed by atoms with Crippen molar-refractivity contribution in [2.24, 2.45) is 11.7 Å². The van der Waals surface area contributed by atoms with Crippen LogP contribution in [0.2, 0.25) is 0 Å². The molecule has 16 heavy (non-hydrogen) atoms. The molecular weight excluding hydrogens is 200 g/mol. The van der Waals surface area contributed by atoms with E-state index in [1.165, 1.54) is 0 Å². The fourth-order valence-corrected chi connectivity index (χ4v) is 1.63. The van der Waals surface area contributed by atoms with E-state index in [0.717, 1.165) is 17.7 Å². The molecule has 1 amide bonds. The highest BCUT2D eigenvalue weighted by atomic mass is 16.2. The second kappa shape index (κ2) is 5.66. The summed E-state index contributed by atoms with van der Waals surface area (Å²) in [5.41, 5.74) is 7.57. The van der Waals surface area contributed by atoms with Gasteiger partial charge in [-0.1, -0.05) is 32.0 Å². The molecular formula is C13H20N2O. The Hall–Kier alpha value is -1.35. The van der Waals surface area contributed by atoms with Crippen LogP contribution in [-0.2, 0) is 11.3 Å². The molecule has 3 nitrogen and oxygen atoms in total. The maximum absolute atomic E-state index is 12.0. The summed E-state index contributed by atoms with van der Waals surface area (Å²) < 4.78 is 0. The third-order valence-corrected chi connectivity index (χ3v) is 2.94. The first kappa shape index (κ1) is 12.7. The van der Waals surface area contributed by atoms with Gasteiger partial charge in [0.25, 0.3) is 0 Å². The molecule has 0 aliphatic heterocycles. The highest BCUT2D eigenvalue weighted by Crippen LogP contribution is 2.20. The molecule has 0 bridgehead atoms. The molecule has 1 rings (SSSR count). The number of hydrogen-bond donors (Lipinski definition) is 1. The Bertz CT molecular complexity index is 363. The Kier molecular flexibility index (Phi) is 4.50. The van der Waals surface area contributed by atoms with Gasteiger partial charge in [0.2, 0.25) is 5.91 Å². The molecule has 0 fully saturated rings. The number of para-hydroxylation sites is 1. The Balaban J connectivity index is 2.95. The van der Waals surface area contributed by atoms with Gasteiger partial charge in [-0.3, -0.25) is 4.79 Å². The number of hydrogen-bond acceptors (Lipinski definition) is 2. The van der Waals surface area contributed by atoms with E-state index in [1.54, 1.807) is 4.90 Å². The standard InChI is InChI=1S/C13H20N2O/c1-4-10(2)13(16)15(3)12-8-6-5-7-11(12)9-14/h5-8,10H,4,9,14H2,1-3H3. The average Bonchev–Trinajstić information content (AvgIpc) is 2.35. The van der Waals surface area contributed by atoms with E-state index >= 15 is 0 Å². The molecule has 0 radical (unpaired) electrons. The largest absolute Gasteiger partial charge is 0.326 e. The zero-order valence-corrected chi connectivity index (χ0v) is 10.2. The van der Waals surface area contributed by atoms with E-state index in [1.807, 2.05) is 45.2 Å². The highest BCUT2D eigenvalue weighted by molar-refractivity contribution is 5.94. The number of nitrogens with zero attached hydrogens (tertiary/aromatic N) is 1. The molecule has 1 aromatic carbocycles. The van der Waals surface area contributed by atoms with Crippen molar-refractivity contribution >= 4 is 11.6 Å². The summed E-state index contributed by atoms with van der Waals surface area (Å²) in [6.45, 7) is 4.42. The first-order valence-electron chi connectivity index (χ1n) is 5.67. The predicted molar refractivity (Wildman–Crippen MR) is 67.2 cm³/mol. The van der Waals surface area contributed by atoms with Crippen LogP contribution in [0.1, 0.15) is 25.8 Å². The summed E-state index contributed by atoms with van der Waals surface area (Å²) in [5.74, 6) is 0.194. The molecule has 1 unspecified atom stereocenters. The van der Waals surface area contributed by atoms with Crippen LogP contribution in [0.4, 0.5) is 5.69 Å². The van der Waals surface area contributed by atoms with Crippen LogP contribution in [0, 0.1) is 5.92 Å². The molecule has 0 saturated carbocycles. The number of anilines is 1. The quantitative estimate of drug-likeness (QED) is 0.845. The van der Waals surface area contributed by atoms with Gasteiger partial charge < -0.3 is 10.6 Å². The van der Waals surface area contributed by atoms with Crippen LogP contribution >= 0.6 is 0 Å². The molecule has 0 aromatic heterocycles. The van der Waals surface area contributed by atoms with Gasteiger partial charge in [-0.05, 0) is 18.1 Å². The molecule has 88 valence electrons. The zero-order valence-electron chi connectivity index (χ0n) is 10.2. The topological polar surface area (TPSA) is 46.3 Å². The van der Waals surface area contributed by atoms with Crippen LogP contribution in [0.5, 0.6) is 0 Å². The second-order valence-electron chi connectivity index (χ2n) is 4.04. The lowest BCUT2D eigenvalue weighted by molar-refractivity contribution is -0.121. The highest BCUT2D eigenvalue weighted by Gasteiger charge is 2.18. The van der Waals surface area contributed by atoms with Crippen molar-refractivity contribution in [1.82, 2.24) is 0 Å². The van der Waals surface area contributed by atoms with Gasteiger partial charge in [-0.2, -0.15) is 0 Å². The van der Waals surface area contributed by atoms with Crippen LogP contribution in [0.3, 0.4) is 0 Å². The van der Waals surface area contributed by atoms with Crippen molar-refractivity contribution in [3.8, 4) is 0 Å². The van der Waals surface area contributed by atoms with Crippen molar-refractivity contribution in [3.05, 3.63) is 29.8 Å². The monoisotopic (exact) mass is 220 g/mol. The summed E-state index contributed by atoms with van der Waals surface area (Å²) in [7, 11) is 1.81. The van der Waals surface area contributed by atoms with Gasteiger partial charge in [0, 0.05) is 25.2 Å². The van der Waals surface area contributed by atoms with Gasteiger partial charge in [0.05, 0.1) is 0 Å². The van der Waals surface area contributed by atoms with E-state index in [0.29, 0.717) is 6.54 Å². The van der Waals surface area contributed by atoms with Gasteiger partial charge >= 0.3 is 0 Å². The SMILES string of the molecule is CCC(C)C(=O)N(C)c1ccccc1CN. The van der Waals surface area contributed by atoms with E-state index in [4.69, 9.17) is 5.73 Å². The molecule has 1 aromatic rings. The second-order valence-corrected chi connectivity index (χ2v) is 4.04. The molecule has 0 aliphatic carbocycles. The minimum Gasteiger partial charge on any atom is -0.326 e. The number of nitrogens with two attached hydrogens (primary N) is 1. The van der Waals surface area contributed by atoms with E-state index in [2.05, 4.69) is 0 Å². The van der Waals surface area contributed by atoms with Crippen molar-refractivity contribution in [3.63, 3.8) is 0 Å². The van der Waals surface area contributed by atoms with Crippen LogP contribution < -0.4 is 10.6 Å². The Morgan fingerprint density at radius 3 is 2.62 bits per heavy atom. The minimum atomic E-state index is 0.0517. The lowest BCUT2D eigenvalue weighted by Crippen LogP contribution is -2.32. The summed E-state index contributed by atoms with van der Waals surface area (Å²) >= 11 is 0. The third-order valence-electron chi connectivity index (χ3n) is 2.94. The van der Waals surface area contributed by atoms with E-state index in [9.17, 15) is 4.79 Å². The van der Waals surface area contributed by atoms with Crippen LogP contribution in [-0.4, -0.2) is 13.0 Å². The summed E-state index contributed by atoms with van der Waals surface area (Å²) in [4.78, 5) is 13.7. The summed E-state index contributed by atoms with van der Waals surface area (Å²) in [5, 5.41) is 0. The molecule has 0 aliphatic rings. The number of rotatable bonds is 4. The molecule has 0 heterocycles. The average molecular weight is 220 g/mol. The summed E-state index contributed by atoms with van der Waals surface area (Å²) in [6.07, 6.45) is 0.855. The Morgan fingerprint density at radius 2 is 2.06 bits per heavy atom. The third kappa shape index (κ3) is 2.61. The molecule has 0 spiro atoms. The van der Waals surface area contributed by atoms with Crippen molar-refractivity contribution < 1.29 is 4.79 Å². The normalized spacial score (nSPS) is 12.2. The van der Waals surface area contributed by atoms with Crippen molar-refractivity contribution in [2.75, 3.05) is 11.9 Å². The first-order chi connectivity index (χ1) is 7.61. The van der Waals surface area contributed by atoms with Gasteiger partial charge in [-0.15, -0.1) is 0 Å². The molecule has 1 atom stereocenters. The van der Waals surface area contributed by atoms with Crippen LogP contribution in [0.15, 0.2) is 24.3 Å². The Morgan fingerprint density at radius 1 is 1.44 bits per heavy atom. The fourth-order valence-electron chi connectivity index (χ4n) is 1.63.